The normalized spacial score (nSPS) is 21.0. The van der Waals surface area contributed by atoms with E-state index in [1.54, 1.807) is 35.2 Å². The van der Waals surface area contributed by atoms with E-state index in [1.807, 2.05) is 4.90 Å². The Bertz CT molecular complexity index is 1440. The van der Waals surface area contributed by atoms with Crippen molar-refractivity contribution in [3.05, 3.63) is 36.2 Å². The molecule has 3 fully saturated rings. The van der Waals surface area contributed by atoms with E-state index < -0.39 is 12.2 Å². The van der Waals surface area contributed by atoms with Crippen LogP contribution >= 0.6 is 0 Å². The molecule has 0 bridgehead atoms. The molecule has 12 nitrogen and oxygen atoms in total. The molecule has 1 aliphatic carbocycles. The first-order valence-electron chi connectivity index (χ1n) is 14.7. The Balaban J connectivity index is 1.15. The lowest BCUT2D eigenvalue weighted by Crippen LogP contribution is -2.41. The van der Waals surface area contributed by atoms with Crippen LogP contribution in [-0.2, 0) is 19.1 Å². The second-order valence-electron chi connectivity index (χ2n) is 10.9. The number of rotatable bonds is 9. The molecule has 14 heteroatoms. The smallest absolute Gasteiger partial charge is 0.296 e. The summed E-state index contributed by atoms with van der Waals surface area (Å²) < 4.78 is 46.7. The first-order valence-corrected chi connectivity index (χ1v) is 14.7. The lowest BCUT2D eigenvalue weighted by atomic mass is 10.2. The van der Waals surface area contributed by atoms with Gasteiger partial charge >= 0.3 is 0 Å². The fourth-order valence-electron chi connectivity index (χ4n) is 5.75. The molecule has 3 aromatic rings. The molecular weight excluding hydrogens is 564 g/mol. The molecule has 2 saturated heterocycles. The van der Waals surface area contributed by atoms with Gasteiger partial charge in [0.1, 0.15) is 11.9 Å². The van der Waals surface area contributed by atoms with E-state index in [2.05, 4.69) is 20.3 Å². The quantitative estimate of drug-likeness (QED) is 0.395. The number of hydrogen-bond donors (Lipinski definition) is 1. The zero-order chi connectivity index (χ0) is 29.8. The summed E-state index contributed by atoms with van der Waals surface area (Å²) in [5.41, 5.74) is 0.943. The Morgan fingerprint density at radius 2 is 1.72 bits per heavy atom. The number of alkyl halides is 2. The first kappa shape index (κ1) is 29.2. The summed E-state index contributed by atoms with van der Waals surface area (Å²) in [6, 6.07) is 8.39. The molecule has 1 saturated carbocycles. The number of carbonyl (C=O) groups is 2. The number of benzene rings is 1. The van der Waals surface area contributed by atoms with Crippen molar-refractivity contribution in [1.82, 2.24) is 29.7 Å². The highest BCUT2D eigenvalue weighted by Crippen LogP contribution is 2.31. The summed E-state index contributed by atoms with van der Waals surface area (Å²) in [4.78, 5) is 42.1. The van der Waals surface area contributed by atoms with E-state index in [4.69, 9.17) is 14.2 Å². The van der Waals surface area contributed by atoms with Gasteiger partial charge in [-0.25, -0.2) is 13.8 Å². The van der Waals surface area contributed by atoms with Gasteiger partial charge in [-0.1, -0.05) is 12.1 Å². The highest BCUT2D eigenvalue weighted by Gasteiger charge is 2.30. The Kier molecular flexibility index (Phi) is 8.93. The van der Waals surface area contributed by atoms with E-state index in [9.17, 15) is 18.4 Å². The molecule has 1 aromatic carbocycles. The second kappa shape index (κ2) is 13.2. The van der Waals surface area contributed by atoms with Gasteiger partial charge in [-0.3, -0.25) is 14.2 Å². The number of halogens is 2. The van der Waals surface area contributed by atoms with Crippen molar-refractivity contribution in [3.8, 4) is 11.7 Å². The molecule has 230 valence electrons. The fraction of sp³-hybridized carbons (Fsp3) is 0.552. The third-order valence-electron chi connectivity index (χ3n) is 7.95. The van der Waals surface area contributed by atoms with Gasteiger partial charge in [-0.15, -0.1) is 0 Å². The summed E-state index contributed by atoms with van der Waals surface area (Å²) in [6.45, 7) is 4.28. The van der Waals surface area contributed by atoms with Gasteiger partial charge < -0.3 is 29.3 Å². The van der Waals surface area contributed by atoms with Crippen LogP contribution in [0.15, 0.2) is 30.3 Å². The number of amides is 2. The van der Waals surface area contributed by atoms with Gasteiger partial charge in [0.2, 0.25) is 23.6 Å². The van der Waals surface area contributed by atoms with Crippen LogP contribution < -0.4 is 15.0 Å². The number of anilines is 1. The SMILES string of the molecule is O=C(CCC(=O)N1CCOCC1)N[C@H]1CCC(Oc2cc(-n3c(C(F)F)nc4ccccc43)nc(N3CCOCC3)n2)C1. The molecule has 3 aliphatic rings. The zero-order valence-electron chi connectivity index (χ0n) is 23.8. The average Bonchev–Trinajstić information content (AvgIpc) is 3.65. The maximum Gasteiger partial charge on any atom is 0.296 e. The van der Waals surface area contributed by atoms with Gasteiger partial charge in [0, 0.05) is 57.5 Å². The van der Waals surface area contributed by atoms with Crippen molar-refractivity contribution in [3.63, 3.8) is 0 Å². The number of ether oxygens (including phenoxy) is 3. The number of para-hydroxylation sites is 2. The van der Waals surface area contributed by atoms with E-state index in [1.165, 1.54) is 4.57 Å². The molecular formula is C29H35F2N7O5. The summed E-state index contributed by atoms with van der Waals surface area (Å²) in [6.07, 6.45) is -0.815. The van der Waals surface area contributed by atoms with E-state index in [0.29, 0.717) is 88.9 Å². The maximum atomic E-state index is 14.1. The van der Waals surface area contributed by atoms with Crippen molar-refractivity contribution in [1.29, 1.82) is 0 Å². The Morgan fingerprint density at radius 1 is 0.977 bits per heavy atom. The van der Waals surface area contributed by atoms with Crippen molar-refractivity contribution in [2.24, 2.45) is 0 Å². The minimum Gasteiger partial charge on any atom is -0.474 e. The molecule has 6 rings (SSSR count). The van der Waals surface area contributed by atoms with Gasteiger partial charge in [0.15, 0.2) is 5.82 Å². The number of hydrogen-bond acceptors (Lipinski definition) is 9. The Labute approximate surface area is 247 Å². The molecule has 2 amide bonds. The van der Waals surface area contributed by atoms with Crippen LogP contribution in [0.25, 0.3) is 16.9 Å². The van der Waals surface area contributed by atoms with E-state index in [0.717, 1.165) is 0 Å². The van der Waals surface area contributed by atoms with Gasteiger partial charge in [-0.05, 0) is 25.0 Å². The molecule has 0 radical (unpaired) electrons. The monoisotopic (exact) mass is 599 g/mol. The molecule has 2 aromatic heterocycles. The van der Waals surface area contributed by atoms with E-state index in [-0.39, 0.29) is 48.5 Å². The van der Waals surface area contributed by atoms with Crippen LogP contribution in [-0.4, -0.2) is 101 Å². The number of morpholine rings is 2. The number of aromatic nitrogens is 4. The van der Waals surface area contributed by atoms with Crippen LogP contribution in [0, 0.1) is 0 Å². The number of nitrogens with zero attached hydrogens (tertiary/aromatic N) is 6. The van der Waals surface area contributed by atoms with Crippen LogP contribution in [0.5, 0.6) is 5.88 Å². The van der Waals surface area contributed by atoms with Gasteiger partial charge in [0.05, 0.1) is 37.5 Å². The average molecular weight is 600 g/mol. The molecule has 4 heterocycles. The fourth-order valence-corrected chi connectivity index (χ4v) is 5.75. The van der Waals surface area contributed by atoms with Crippen molar-refractivity contribution in [2.75, 3.05) is 57.5 Å². The second-order valence-corrected chi connectivity index (χ2v) is 10.9. The third kappa shape index (κ3) is 6.85. The van der Waals surface area contributed by atoms with Crippen LogP contribution in [0.2, 0.25) is 0 Å². The topological polar surface area (TPSA) is 124 Å². The molecule has 2 atom stereocenters. The maximum absolute atomic E-state index is 14.1. The summed E-state index contributed by atoms with van der Waals surface area (Å²) in [5, 5.41) is 3.02. The largest absolute Gasteiger partial charge is 0.474 e. The van der Waals surface area contributed by atoms with Gasteiger partial charge in [0.25, 0.3) is 6.43 Å². The number of imidazole rings is 1. The molecule has 1 N–H and O–H groups in total. The number of fused-ring (bicyclic) bond motifs is 1. The van der Waals surface area contributed by atoms with E-state index >= 15 is 0 Å². The molecule has 43 heavy (non-hydrogen) atoms. The summed E-state index contributed by atoms with van der Waals surface area (Å²) >= 11 is 0. The number of carbonyl (C=O) groups excluding carboxylic acids is 2. The standard InChI is InChI=1S/C29H35F2N7O5/c30-27(31)28-33-21-3-1-2-4-22(21)38(28)23-18-25(35-29(34-23)37-11-15-42-16-12-37)43-20-6-5-19(17-20)32-24(39)7-8-26(40)36-9-13-41-14-10-36/h1-4,18-20,27H,5-17H2,(H,32,39)/t19-,20?/m0/s1. The highest BCUT2D eigenvalue weighted by atomic mass is 19.3. The number of nitrogens with one attached hydrogen (secondary N) is 1. The predicted octanol–water partition coefficient (Wildman–Crippen LogP) is 2.64. The molecule has 2 aliphatic heterocycles. The summed E-state index contributed by atoms with van der Waals surface area (Å²) in [7, 11) is 0. The minimum atomic E-state index is -2.82. The van der Waals surface area contributed by atoms with Crippen LogP contribution in [0.1, 0.15) is 44.4 Å². The highest BCUT2D eigenvalue weighted by molar-refractivity contribution is 5.84. The lowest BCUT2D eigenvalue weighted by Gasteiger charge is -2.27. The lowest BCUT2D eigenvalue weighted by molar-refractivity contribution is -0.137. The third-order valence-corrected chi connectivity index (χ3v) is 7.95. The summed E-state index contributed by atoms with van der Waals surface area (Å²) in [5.74, 6) is 0.247. The van der Waals surface area contributed by atoms with Crippen LogP contribution in [0.3, 0.4) is 0 Å². The Morgan fingerprint density at radius 3 is 2.49 bits per heavy atom. The van der Waals surface area contributed by atoms with Crippen molar-refractivity contribution >= 4 is 28.8 Å². The first-order chi connectivity index (χ1) is 20.9. The molecule has 1 unspecified atom stereocenters. The van der Waals surface area contributed by atoms with Crippen molar-refractivity contribution in [2.45, 2.75) is 50.7 Å². The zero-order valence-corrected chi connectivity index (χ0v) is 23.8. The molecule has 0 spiro atoms. The van der Waals surface area contributed by atoms with Gasteiger partial charge in [-0.2, -0.15) is 9.97 Å². The predicted molar refractivity (Wildman–Crippen MR) is 151 cm³/mol. The Hall–Kier alpha value is -3.91. The van der Waals surface area contributed by atoms with Crippen LogP contribution in [0.4, 0.5) is 14.7 Å². The minimum absolute atomic E-state index is 0.0395. The van der Waals surface area contributed by atoms with Crippen molar-refractivity contribution < 1.29 is 32.6 Å².